The minimum absolute atomic E-state index is 0.150. The molecule has 1 aromatic heterocycles. The van der Waals surface area contributed by atoms with Crippen molar-refractivity contribution in [2.24, 2.45) is 0 Å². The molecule has 1 aliphatic heterocycles. The molecule has 1 atom stereocenters. The number of sulfonamides is 1. The Morgan fingerprint density at radius 3 is 2.81 bits per heavy atom. The molecule has 1 fully saturated rings. The molecule has 2 aromatic carbocycles. The smallest absolute Gasteiger partial charge is 0.266 e. The predicted molar refractivity (Wildman–Crippen MR) is 123 cm³/mol. The van der Waals surface area contributed by atoms with Gasteiger partial charge in [0.2, 0.25) is 0 Å². The van der Waals surface area contributed by atoms with Gasteiger partial charge in [-0.3, -0.25) is 9.62 Å². The molecule has 0 aliphatic carbocycles. The van der Waals surface area contributed by atoms with Gasteiger partial charge < -0.3 is 4.90 Å². The fourth-order valence-electron chi connectivity index (χ4n) is 3.75. The van der Waals surface area contributed by atoms with Crippen LogP contribution in [0.5, 0.6) is 0 Å². The van der Waals surface area contributed by atoms with E-state index in [1.54, 1.807) is 5.38 Å². The van der Waals surface area contributed by atoms with Gasteiger partial charge in [0.15, 0.2) is 5.13 Å². The summed E-state index contributed by atoms with van der Waals surface area (Å²) in [5.74, 6) is -0.852. The van der Waals surface area contributed by atoms with Gasteiger partial charge in [0.25, 0.3) is 10.0 Å². The van der Waals surface area contributed by atoms with Crippen LogP contribution in [0.15, 0.2) is 58.9 Å². The van der Waals surface area contributed by atoms with E-state index in [4.69, 9.17) is 11.6 Å². The Balaban J connectivity index is 1.49. The van der Waals surface area contributed by atoms with Gasteiger partial charge in [-0.2, -0.15) is 0 Å². The Kier molecular flexibility index (Phi) is 6.47. The van der Waals surface area contributed by atoms with E-state index in [9.17, 15) is 12.8 Å². The largest absolute Gasteiger partial charge is 0.369 e. The summed E-state index contributed by atoms with van der Waals surface area (Å²) in [5, 5.41) is 1.98. The third-order valence-corrected chi connectivity index (χ3v) is 7.84. The van der Waals surface area contributed by atoms with Gasteiger partial charge in [0, 0.05) is 50.4 Å². The van der Waals surface area contributed by atoms with Crippen molar-refractivity contribution < 1.29 is 12.8 Å². The van der Waals surface area contributed by atoms with Crippen LogP contribution in [0.2, 0.25) is 5.02 Å². The van der Waals surface area contributed by atoms with Crippen LogP contribution in [0.4, 0.5) is 15.2 Å². The van der Waals surface area contributed by atoms with Crippen molar-refractivity contribution in [2.75, 3.05) is 29.8 Å². The Hall–Kier alpha value is -2.20. The second-order valence-corrected chi connectivity index (χ2v) is 10.4. The van der Waals surface area contributed by atoms with E-state index >= 15 is 0 Å². The highest BCUT2D eigenvalue weighted by Crippen LogP contribution is 2.33. The van der Waals surface area contributed by atoms with Gasteiger partial charge in [-0.05, 0) is 18.1 Å². The number of halogens is 2. The van der Waals surface area contributed by atoms with Crippen molar-refractivity contribution in [2.45, 2.75) is 23.9 Å². The monoisotopic (exact) mass is 480 g/mol. The van der Waals surface area contributed by atoms with Gasteiger partial charge in [0.05, 0.1) is 10.7 Å². The second-order valence-electron chi connectivity index (χ2n) is 7.45. The number of nitrogens with one attached hydrogen (secondary N) is 1. The van der Waals surface area contributed by atoms with E-state index in [0.29, 0.717) is 5.69 Å². The summed E-state index contributed by atoms with van der Waals surface area (Å²) in [6.07, 6.45) is 2.37. The molecule has 6 nitrogen and oxygen atoms in total. The summed E-state index contributed by atoms with van der Waals surface area (Å²) < 4.78 is 42.2. The molecule has 3 aromatic rings. The molecule has 0 amide bonds. The lowest BCUT2D eigenvalue weighted by atomic mass is 10.2. The van der Waals surface area contributed by atoms with E-state index < -0.39 is 20.7 Å². The molecule has 31 heavy (non-hydrogen) atoms. The molecule has 164 valence electrons. The van der Waals surface area contributed by atoms with Crippen molar-refractivity contribution >= 4 is 43.8 Å². The van der Waals surface area contributed by atoms with E-state index in [2.05, 4.69) is 26.7 Å². The van der Waals surface area contributed by atoms with Crippen LogP contribution in [0.25, 0.3) is 0 Å². The minimum atomic E-state index is -4.13. The standard InChI is InChI=1S/C21H22ClFN4O2S2/c1-26(16-7-9-27(14-16)13-15-5-3-2-4-6-15)19-12-18(23)20(11-17(19)22)31(28,29)25-21-24-8-10-30-21/h2-6,8,10-12,16H,7,9,13-14H2,1H3,(H,24,25). The quantitative estimate of drug-likeness (QED) is 0.541. The Morgan fingerprint density at radius 2 is 2.10 bits per heavy atom. The third-order valence-electron chi connectivity index (χ3n) is 5.37. The number of hydrogen-bond acceptors (Lipinski definition) is 6. The van der Waals surface area contributed by atoms with Gasteiger partial charge in [0.1, 0.15) is 10.7 Å². The number of hydrogen-bond donors (Lipinski definition) is 1. The van der Waals surface area contributed by atoms with E-state index in [0.717, 1.165) is 43.5 Å². The highest BCUT2D eigenvalue weighted by molar-refractivity contribution is 7.93. The number of likely N-dealkylation sites (tertiary alicyclic amines) is 1. The zero-order chi connectivity index (χ0) is 22.0. The number of rotatable bonds is 7. The summed E-state index contributed by atoms with van der Waals surface area (Å²) in [6, 6.07) is 12.7. The zero-order valence-electron chi connectivity index (χ0n) is 16.8. The summed E-state index contributed by atoms with van der Waals surface area (Å²) in [6.45, 7) is 2.59. The second kappa shape index (κ2) is 9.12. The first-order valence-corrected chi connectivity index (χ1v) is 12.5. The topological polar surface area (TPSA) is 65.5 Å². The van der Waals surface area contributed by atoms with Crippen LogP contribution in [-0.4, -0.2) is 44.5 Å². The molecule has 0 spiro atoms. The first-order chi connectivity index (χ1) is 14.8. The number of likely N-dealkylation sites (N-methyl/N-ethyl adjacent to an activating group) is 1. The minimum Gasteiger partial charge on any atom is -0.369 e. The van der Waals surface area contributed by atoms with Crippen molar-refractivity contribution in [3.63, 3.8) is 0 Å². The van der Waals surface area contributed by atoms with E-state index in [1.807, 2.05) is 30.1 Å². The Morgan fingerprint density at radius 1 is 1.32 bits per heavy atom. The van der Waals surface area contributed by atoms with Gasteiger partial charge in [-0.15, -0.1) is 11.3 Å². The Bertz CT molecular complexity index is 1140. The maximum atomic E-state index is 14.8. The van der Waals surface area contributed by atoms with Crippen molar-refractivity contribution in [1.82, 2.24) is 9.88 Å². The van der Waals surface area contributed by atoms with E-state index in [-0.39, 0.29) is 16.2 Å². The van der Waals surface area contributed by atoms with Crippen molar-refractivity contribution in [3.8, 4) is 0 Å². The summed E-state index contributed by atoms with van der Waals surface area (Å²) in [4.78, 5) is 7.65. The molecule has 1 aliphatic rings. The van der Waals surface area contributed by atoms with Gasteiger partial charge in [-0.1, -0.05) is 41.9 Å². The van der Waals surface area contributed by atoms with Crippen LogP contribution in [0.1, 0.15) is 12.0 Å². The average molecular weight is 481 g/mol. The molecular weight excluding hydrogens is 459 g/mol. The van der Waals surface area contributed by atoms with Crippen LogP contribution in [0, 0.1) is 5.82 Å². The van der Waals surface area contributed by atoms with Crippen molar-refractivity contribution in [3.05, 3.63) is 70.4 Å². The highest BCUT2D eigenvalue weighted by atomic mass is 35.5. The fraction of sp³-hybridized carbons (Fsp3) is 0.286. The molecule has 10 heteroatoms. The maximum Gasteiger partial charge on any atom is 0.266 e. The molecule has 0 bridgehead atoms. The fourth-order valence-corrected chi connectivity index (χ4v) is 5.99. The van der Waals surface area contributed by atoms with E-state index in [1.165, 1.54) is 17.8 Å². The molecule has 1 N–H and O–H groups in total. The molecule has 4 rings (SSSR count). The number of aromatic nitrogens is 1. The number of benzene rings is 2. The first-order valence-electron chi connectivity index (χ1n) is 9.74. The molecule has 1 unspecified atom stereocenters. The molecule has 0 radical (unpaired) electrons. The normalized spacial score (nSPS) is 17.1. The molecule has 1 saturated heterocycles. The third kappa shape index (κ3) is 5.01. The Labute approximate surface area is 190 Å². The SMILES string of the molecule is CN(c1cc(F)c(S(=O)(=O)Nc2nccs2)cc1Cl)C1CCN(Cc2ccccc2)C1. The molecule has 0 saturated carbocycles. The lowest BCUT2D eigenvalue weighted by Gasteiger charge is -2.28. The van der Waals surface area contributed by atoms with Crippen LogP contribution < -0.4 is 9.62 Å². The summed E-state index contributed by atoms with van der Waals surface area (Å²) >= 11 is 7.51. The number of anilines is 2. The predicted octanol–water partition coefficient (Wildman–Crippen LogP) is 4.45. The average Bonchev–Trinajstić information content (AvgIpc) is 3.41. The summed E-state index contributed by atoms with van der Waals surface area (Å²) in [7, 11) is -2.27. The highest BCUT2D eigenvalue weighted by Gasteiger charge is 2.29. The molecular formula is C21H22ClFN4O2S2. The van der Waals surface area contributed by atoms with Crippen LogP contribution in [-0.2, 0) is 16.6 Å². The van der Waals surface area contributed by atoms with Gasteiger partial charge >= 0.3 is 0 Å². The molecule has 2 heterocycles. The lowest BCUT2D eigenvalue weighted by molar-refractivity contribution is 0.326. The first kappa shape index (κ1) is 22.0. The van der Waals surface area contributed by atoms with Gasteiger partial charge in [-0.25, -0.2) is 17.8 Å². The van der Waals surface area contributed by atoms with Crippen molar-refractivity contribution in [1.29, 1.82) is 0 Å². The number of thiazole rings is 1. The number of nitrogens with zero attached hydrogens (tertiary/aromatic N) is 3. The maximum absolute atomic E-state index is 14.8. The van der Waals surface area contributed by atoms with Crippen LogP contribution >= 0.6 is 22.9 Å². The van der Waals surface area contributed by atoms with Crippen LogP contribution in [0.3, 0.4) is 0 Å². The zero-order valence-corrected chi connectivity index (χ0v) is 19.2. The lowest BCUT2D eigenvalue weighted by Crippen LogP contribution is -2.34. The summed E-state index contributed by atoms with van der Waals surface area (Å²) in [5.41, 5.74) is 1.72.